The Morgan fingerprint density at radius 2 is 1.60 bits per heavy atom. The molecule has 3 heterocycles. The number of rotatable bonds is 3. The molecule has 1 aromatic heterocycles. The van der Waals surface area contributed by atoms with E-state index < -0.39 is 0 Å². The summed E-state index contributed by atoms with van der Waals surface area (Å²) in [4.78, 5) is 38.2. The van der Waals surface area contributed by atoms with Gasteiger partial charge in [-0.3, -0.25) is 9.59 Å². The molecular weight excluding hydrogens is 404 g/mol. The molecule has 2 aliphatic heterocycles. The van der Waals surface area contributed by atoms with Crippen LogP contribution in [0.25, 0.3) is 0 Å². The summed E-state index contributed by atoms with van der Waals surface area (Å²) in [7, 11) is 0. The Balaban J connectivity index is 1.45. The van der Waals surface area contributed by atoms with Crippen molar-refractivity contribution in [2.45, 2.75) is 26.7 Å². The molecule has 1 saturated heterocycles. The first-order valence-corrected chi connectivity index (χ1v) is 10.3. The lowest BCUT2D eigenvalue weighted by Gasteiger charge is -2.35. The number of aromatic nitrogens is 2. The summed E-state index contributed by atoms with van der Waals surface area (Å²) in [5, 5.41) is 6.24. The molecule has 0 aliphatic carbocycles. The number of benzene rings is 1. The summed E-state index contributed by atoms with van der Waals surface area (Å²) < 4.78 is 0. The minimum Gasteiger partial charge on any atom is -0.337 e. The van der Waals surface area contributed by atoms with Crippen molar-refractivity contribution < 1.29 is 9.59 Å². The molecule has 1 aromatic carbocycles. The van der Waals surface area contributed by atoms with Gasteiger partial charge in [0.05, 0.1) is 5.69 Å². The molecule has 8 nitrogen and oxygen atoms in total. The van der Waals surface area contributed by atoms with E-state index in [1.54, 1.807) is 29.2 Å². The second-order valence-electron chi connectivity index (χ2n) is 7.46. The number of aryl methyl sites for hydroxylation is 2. The van der Waals surface area contributed by atoms with Gasteiger partial charge in [0.2, 0.25) is 11.9 Å². The van der Waals surface area contributed by atoms with E-state index in [-0.39, 0.29) is 18.2 Å². The standard InChI is InChI=1S/C21H23ClN6O2/c1-14-13-15(2)24-21(23-14)27-11-9-26(10-12-27)20(30)18-7-8-19(29)28(25-18)17-5-3-16(22)4-6-17/h3-6,13H,7-12H2,1-2H3. The van der Waals surface area contributed by atoms with Crippen LogP contribution in [0.1, 0.15) is 24.2 Å². The van der Waals surface area contributed by atoms with Gasteiger partial charge in [-0.2, -0.15) is 5.10 Å². The maximum absolute atomic E-state index is 13.0. The van der Waals surface area contributed by atoms with Crippen LogP contribution in [-0.4, -0.2) is 58.6 Å². The second kappa shape index (κ2) is 8.39. The highest BCUT2D eigenvalue weighted by Crippen LogP contribution is 2.23. The van der Waals surface area contributed by atoms with Crippen LogP contribution in [0.15, 0.2) is 35.4 Å². The molecule has 156 valence electrons. The van der Waals surface area contributed by atoms with E-state index in [4.69, 9.17) is 11.6 Å². The van der Waals surface area contributed by atoms with Crippen LogP contribution in [0.2, 0.25) is 5.02 Å². The number of carbonyl (C=O) groups excluding carboxylic acids is 2. The number of halogens is 1. The van der Waals surface area contributed by atoms with Gasteiger partial charge in [0.15, 0.2) is 0 Å². The third kappa shape index (κ3) is 4.28. The first-order valence-electron chi connectivity index (χ1n) is 9.93. The quantitative estimate of drug-likeness (QED) is 0.753. The zero-order valence-corrected chi connectivity index (χ0v) is 17.8. The number of hydrazone groups is 1. The predicted molar refractivity (Wildman–Crippen MR) is 116 cm³/mol. The Bertz CT molecular complexity index is 979. The molecule has 2 amide bonds. The van der Waals surface area contributed by atoms with Gasteiger partial charge in [0, 0.05) is 55.4 Å². The maximum atomic E-state index is 13.0. The third-order valence-corrected chi connectivity index (χ3v) is 5.42. The van der Waals surface area contributed by atoms with Crippen LogP contribution >= 0.6 is 11.6 Å². The summed E-state index contributed by atoms with van der Waals surface area (Å²) >= 11 is 5.93. The van der Waals surface area contributed by atoms with Crippen molar-refractivity contribution in [2.24, 2.45) is 5.10 Å². The molecule has 0 radical (unpaired) electrons. The van der Waals surface area contributed by atoms with E-state index >= 15 is 0 Å². The summed E-state index contributed by atoms with van der Waals surface area (Å²) in [6, 6.07) is 8.78. The fourth-order valence-corrected chi connectivity index (χ4v) is 3.76. The second-order valence-corrected chi connectivity index (χ2v) is 7.90. The Kier molecular flexibility index (Phi) is 5.67. The van der Waals surface area contributed by atoms with E-state index in [2.05, 4.69) is 20.0 Å². The van der Waals surface area contributed by atoms with Crippen LogP contribution in [0.3, 0.4) is 0 Å². The van der Waals surface area contributed by atoms with Crippen LogP contribution in [-0.2, 0) is 9.59 Å². The molecule has 1 fully saturated rings. The highest BCUT2D eigenvalue weighted by molar-refractivity contribution is 6.40. The zero-order chi connectivity index (χ0) is 21.3. The third-order valence-electron chi connectivity index (χ3n) is 5.17. The first-order chi connectivity index (χ1) is 14.4. The van der Waals surface area contributed by atoms with E-state index in [9.17, 15) is 9.59 Å². The first kappa shape index (κ1) is 20.3. The van der Waals surface area contributed by atoms with Gasteiger partial charge in [0.25, 0.3) is 5.91 Å². The SMILES string of the molecule is Cc1cc(C)nc(N2CCN(C(=O)C3=NN(c4ccc(Cl)cc4)C(=O)CC3)CC2)n1. The molecule has 9 heteroatoms. The van der Waals surface area contributed by atoms with E-state index in [1.807, 2.05) is 19.9 Å². The summed E-state index contributed by atoms with van der Waals surface area (Å²) in [5.74, 6) is 0.447. The average molecular weight is 427 g/mol. The van der Waals surface area contributed by atoms with Crippen molar-refractivity contribution >= 4 is 40.8 Å². The molecule has 0 N–H and O–H groups in total. The van der Waals surface area contributed by atoms with Gasteiger partial charge in [-0.25, -0.2) is 15.0 Å². The molecule has 2 aliphatic rings. The largest absolute Gasteiger partial charge is 0.337 e. The van der Waals surface area contributed by atoms with Crippen molar-refractivity contribution in [3.05, 3.63) is 46.7 Å². The predicted octanol–water partition coefficient (Wildman–Crippen LogP) is 2.58. The molecule has 0 bridgehead atoms. The number of hydrogen-bond donors (Lipinski definition) is 0. The minimum absolute atomic E-state index is 0.123. The van der Waals surface area contributed by atoms with Crippen LogP contribution < -0.4 is 9.91 Å². The maximum Gasteiger partial charge on any atom is 0.270 e. The number of anilines is 2. The summed E-state index contributed by atoms with van der Waals surface area (Å²) in [5.41, 5.74) is 2.87. The number of amides is 2. The van der Waals surface area contributed by atoms with Gasteiger partial charge < -0.3 is 9.80 Å². The zero-order valence-electron chi connectivity index (χ0n) is 17.0. The molecule has 0 atom stereocenters. The topological polar surface area (TPSA) is 82.0 Å². The van der Waals surface area contributed by atoms with Gasteiger partial charge in [-0.05, 0) is 44.2 Å². The lowest BCUT2D eigenvalue weighted by atomic mass is 10.1. The fourth-order valence-electron chi connectivity index (χ4n) is 3.63. The normalized spacial score (nSPS) is 17.2. The van der Waals surface area contributed by atoms with Crippen molar-refractivity contribution in [3.63, 3.8) is 0 Å². The number of hydrogen-bond acceptors (Lipinski definition) is 6. The molecule has 0 saturated carbocycles. The minimum atomic E-state index is -0.134. The van der Waals surface area contributed by atoms with Gasteiger partial charge in [-0.15, -0.1) is 0 Å². The lowest BCUT2D eigenvalue weighted by Crippen LogP contribution is -2.52. The molecule has 0 spiro atoms. The van der Waals surface area contributed by atoms with Gasteiger partial charge >= 0.3 is 0 Å². The average Bonchev–Trinajstić information content (AvgIpc) is 2.74. The summed E-state index contributed by atoms with van der Waals surface area (Å²) in [6.07, 6.45) is 0.603. The van der Waals surface area contributed by atoms with E-state index in [0.717, 1.165) is 11.4 Å². The summed E-state index contributed by atoms with van der Waals surface area (Å²) in [6.45, 7) is 6.33. The van der Waals surface area contributed by atoms with Crippen LogP contribution in [0.4, 0.5) is 11.6 Å². The van der Waals surface area contributed by atoms with Gasteiger partial charge in [0.1, 0.15) is 5.71 Å². The van der Waals surface area contributed by atoms with Crippen LogP contribution in [0.5, 0.6) is 0 Å². The molecule has 30 heavy (non-hydrogen) atoms. The Morgan fingerprint density at radius 1 is 0.967 bits per heavy atom. The Morgan fingerprint density at radius 3 is 2.23 bits per heavy atom. The van der Waals surface area contributed by atoms with Crippen molar-refractivity contribution in [2.75, 3.05) is 36.1 Å². The highest BCUT2D eigenvalue weighted by Gasteiger charge is 2.30. The Hall–Kier alpha value is -3.00. The van der Waals surface area contributed by atoms with Crippen molar-refractivity contribution in [3.8, 4) is 0 Å². The fraction of sp³-hybridized carbons (Fsp3) is 0.381. The van der Waals surface area contributed by atoms with E-state index in [0.29, 0.717) is 55.0 Å². The molecular formula is C21H23ClN6O2. The monoisotopic (exact) mass is 426 g/mol. The Labute approximate surface area is 180 Å². The van der Waals surface area contributed by atoms with Crippen molar-refractivity contribution in [1.29, 1.82) is 0 Å². The molecule has 0 unspecified atom stereocenters. The van der Waals surface area contributed by atoms with Gasteiger partial charge in [-0.1, -0.05) is 11.6 Å². The lowest BCUT2D eigenvalue weighted by molar-refractivity contribution is -0.124. The van der Waals surface area contributed by atoms with Crippen LogP contribution in [0, 0.1) is 13.8 Å². The highest BCUT2D eigenvalue weighted by atomic mass is 35.5. The number of nitrogens with zero attached hydrogens (tertiary/aromatic N) is 6. The molecule has 2 aromatic rings. The smallest absolute Gasteiger partial charge is 0.270 e. The van der Waals surface area contributed by atoms with Crippen molar-refractivity contribution in [1.82, 2.24) is 14.9 Å². The number of carbonyl (C=O) groups is 2. The molecule has 4 rings (SSSR count). The van der Waals surface area contributed by atoms with E-state index in [1.165, 1.54) is 5.01 Å². The number of piperazine rings is 1.